The normalized spacial score (nSPS) is 16.2. The lowest BCUT2D eigenvalue weighted by atomic mass is 10.5. The Morgan fingerprint density at radius 2 is 2.62 bits per heavy atom. The van der Waals surface area contributed by atoms with Gasteiger partial charge in [-0.2, -0.15) is 0 Å². The molecule has 0 aliphatic carbocycles. The van der Waals surface area contributed by atoms with Gasteiger partial charge in [-0.25, -0.2) is 0 Å². The van der Waals surface area contributed by atoms with Crippen molar-refractivity contribution in [2.75, 3.05) is 6.79 Å². The monoisotopic (exact) mass is 115 g/mol. The quantitative estimate of drug-likeness (QED) is 0.492. The van der Waals surface area contributed by atoms with Crippen LogP contribution in [0.3, 0.4) is 0 Å². The second-order valence-corrected chi connectivity index (χ2v) is 1.28. The Bertz CT molecular complexity index is 140. The smallest absolute Gasteiger partial charge is 0.287 e. The average molecular weight is 115 g/mol. The summed E-state index contributed by atoms with van der Waals surface area (Å²) in [5, 5.41) is 0. The Morgan fingerprint density at radius 1 is 1.88 bits per heavy atom. The van der Waals surface area contributed by atoms with Crippen LogP contribution in [0.2, 0.25) is 0 Å². The van der Waals surface area contributed by atoms with Crippen molar-refractivity contribution in [3.8, 4) is 0 Å². The maximum Gasteiger partial charge on any atom is 0.287 e. The van der Waals surface area contributed by atoms with E-state index in [9.17, 15) is 4.79 Å². The lowest BCUT2D eigenvalue weighted by Gasteiger charge is -1.90. The van der Waals surface area contributed by atoms with E-state index in [-0.39, 0.29) is 12.6 Å². The molecule has 0 aromatic rings. The minimum Gasteiger partial charge on any atom is -0.461 e. The number of carbonyl (C=O) groups excluding carboxylic acids is 1. The van der Waals surface area contributed by atoms with Gasteiger partial charge < -0.3 is 15.2 Å². The van der Waals surface area contributed by atoms with Crippen LogP contribution in [0.1, 0.15) is 0 Å². The summed E-state index contributed by atoms with van der Waals surface area (Å²) in [6, 6.07) is 0. The summed E-state index contributed by atoms with van der Waals surface area (Å²) in [4.78, 5) is 10.2. The van der Waals surface area contributed by atoms with E-state index >= 15 is 0 Å². The number of primary amides is 1. The topological polar surface area (TPSA) is 61.6 Å². The SMILES string of the molecule is NC(=O)C1=COCO1. The Kier molecular flexibility index (Phi) is 1.07. The number of rotatable bonds is 1. The molecule has 0 bridgehead atoms. The fraction of sp³-hybridized carbons (Fsp3) is 0.250. The predicted molar refractivity (Wildman–Crippen MR) is 24.3 cm³/mol. The summed E-state index contributed by atoms with van der Waals surface area (Å²) in [7, 11) is 0. The standard InChI is InChI=1S/C4H5NO3/c5-4(6)3-1-7-2-8-3/h1H,2H2,(H2,5,6). The second kappa shape index (κ2) is 1.73. The highest BCUT2D eigenvalue weighted by Gasteiger charge is 2.10. The number of hydrogen-bond acceptors (Lipinski definition) is 3. The molecule has 0 atom stereocenters. The first-order chi connectivity index (χ1) is 3.80. The van der Waals surface area contributed by atoms with Gasteiger partial charge in [-0.1, -0.05) is 0 Å². The van der Waals surface area contributed by atoms with E-state index in [4.69, 9.17) is 5.73 Å². The Balaban J connectivity index is 2.57. The fourth-order valence-electron chi connectivity index (χ4n) is 0.370. The van der Waals surface area contributed by atoms with E-state index in [0.717, 1.165) is 0 Å². The summed E-state index contributed by atoms with van der Waals surface area (Å²) >= 11 is 0. The van der Waals surface area contributed by atoms with Crippen molar-refractivity contribution in [2.24, 2.45) is 5.73 Å². The maximum atomic E-state index is 10.2. The lowest BCUT2D eigenvalue weighted by molar-refractivity contribution is -0.117. The van der Waals surface area contributed by atoms with Crippen LogP contribution in [-0.4, -0.2) is 12.7 Å². The van der Waals surface area contributed by atoms with E-state index in [1.54, 1.807) is 0 Å². The zero-order chi connectivity index (χ0) is 5.98. The molecular formula is C4H5NO3. The first-order valence-corrected chi connectivity index (χ1v) is 2.05. The molecule has 0 spiro atoms. The van der Waals surface area contributed by atoms with E-state index in [1.165, 1.54) is 6.26 Å². The van der Waals surface area contributed by atoms with Crippen molar-refractivity contribution < 1.29 is 14.3 Å². The molecule has 8 heavy (non-hydrogen) atoms. The first kappa shape index (κ1) is 4.96. The number of carbonyl (C=O) groups is 1. The van der Waals surface area contributed by atoms with Gasteiger partial charge in [0.05, 0.1) is 0 Å². The molecule has 0 unspecified atom stereocenters. The van der Waals surface area contributed by atoms with Crippen molar-refractivity contribution >= 4 is 5.91 Å². The summed E-state index contributed by atoms with van der Waals surface area (Å²) in [5.41, 5.74) is 4.79. The number of ether oxygens (including phenoxy) is 2. The highest BCUT2D eigenvalue weighted by molar-refractivity contribution is 5.89. The highest BCUT2D eigenvalue weighted by Crippen LogP contribution is 2.03. The molecule has 1 rings (SSSR count). The Morgan fingerprint density at radius 3 is 2.88 bits per heavy atom. The minimum absolute atomic E-state index is 0.0880. The van der Waals surface area contributed by atoms with Crippen LogP contribution in [0.15, 0.2) is 12.0 Å². The van der Waals surface area contributed by atoms with Gasteiger partial charge in [0, 0.05) is 0 Å². The molecule has 1 amide bonds. The molecule has 2 N–H and O–H groups in total. The zero-order valence-electron chi connectivity index (χ0n) is 4.09. The van der Waals surface area contributed by atoms with Crippen LogP contribution in [0.25, 0.3) is 0 Å². The molecule has 44 valence electrons. The third-order valence-corrected chi connectivity index (χ3v) is 0.716. The molecule has 0 fully saturated rings. The van der Waals surface area contributed by atoms with Gasteiger partial charge in [0.1, 0.15) is 6.26 Å². The number of amides is 1. The molecule has 0 aromatic carbocycles. The molecule has 1 aliphatic rings. The third kappa shape index (κ3) is 0.726. The highest BCUT2D eigenvalue weighted by atomic mass is 16.7. The molecule has 0 saturated carbocycles. The first-order valence-electron chi connectivity index (χ1n) is 2.05. The van der Waals surface area contributed by atoms with Gasteiger partial charge in [0.2, 0.25) is 12.6 Å². The van der Waals surface area contributed by atoms with E-state index in [0.29, 0.717) is 0 Å². The van der Waals surface area contributed by atoms with Gasteiger partial charge in [0.15, 0.2) is 0 Å². The summed E-state index contributed by atoms with van der Waals surface area (Å²) in [6.07, 6.45) is 1.20. The van der Waals surface area contributed by atoms with Gasteiger partial charge in [-0.3, -0.25) is 4.79 Å². The lowest BCUT2D eigenvalue weighted by Crippen LogP contribution is -2.13. The van der Waals surface area contributed by atoms with E-state index < -0.39 is 5.91 Å². The molecule has 0 aromatic heterocycles. The van der Waals surface area contributed by atoms with Crippen LogP contribution in [-0.2, 0) is 14.3 Å². The zero-order valence-corrected chi connectivity index (χ0v) is 4.09. The summed E-state index contributed by atoms with van der Waals surface area (Å²) < 4.78 is 9.11. The van der Waals surface area contributed by atoms with Gasteiger partial charge in [0.25, 0.3) is 5.91 Å². The molecule has 0 radical (unpaired) electrons. The maximum absolute atomic E-state index is 10.2. The largest absolute Gasteiger partial charge is 0.461 e. The van der Waals surface area contributed by atoms with E-state index in [1.807, 2.05) is 0 Å². The number of hydrogen-bond donors (Lipinski definition) is 1. The second-order valence-electron chi connectivity index (χ2n) is 1.28. The fourth-order valence-corrected chi connectivity index (χ4v) is 0.370. The van der Waals surface area contributed by atoms with Crippen molar-refractivity contribution in [3.05, 3.63) is 12.0 Å². The molecule has 1 aliphatic heterocycles. The van der Waals surface area contributed by atoms with Crippen molar-refractivity contribution in [1.29, 1.82) is 0 Å². The van der Waals surface area contributed by atoms with Crippen LogP contribution in [0.5, 0.6) is 0 Å². The van der Waals surface area contributed by atoms with Crippen LogP contribution < -0.4 is 5.73 Å². The van der Waals surface area contributed by atoms with Crippen LogP contribution >= 0.6 is 0 Å². The summed E-state index contributed by atoms with van der Waals surface area (Å²) in [6.45, 7) is 0.0955. The number of nitrogens with two attached hydrogens (primary N) is 1. The van der Waals surface area contributed by atoms with Crippen LogP contribution in [0.4, 0.5) is 0 Å². The predicted octanol–water partition coefficient (Wildman–Crippen LogP) is -0.683. The Labute approximate surface area is 45.9 Å². The van der Waals surface area contributed by atoms with E-state index in [2.05, 4.69) is 9.47 Å². The molecule has 4 nitrogen and oxygen atoms in total. The van der Waals surface area contributed by atoms with Crippen molar-refractivity contribution in [3.63, 3.8) is 0 Å². The van der Waals surface area contributed by atoms with Crippen molar-refractivity contribution in [2.45, 2.75) is 0 Å². The molecule has 1 heterocycles. The summed E-state index contributed by atoms with van der Waals surface area (Å²) in [5.74, 6) is -0.507. The average Bonchev–Trinajstić information content (AvgIpc) is 2.12. The van der Waals surface area contributed by atoms with Gasteiger partial charge >= 0.3 is 0 Å². The minimum atomic E-state index is -0.595. The molecule has 4 heteroatoms. The third-order valence-electron chi connectivity index (χ3n) is 0.716. The van der Waals surface area contributed by atoms with Crippen molar-refractivity contribution in [1.82, 2.24) is 0 Å². The Hall–Kier alpha value is -1.19. The van der Waals surface area contributed by atoms with Crippen LogP contribution in [0, 0.1) is 0 Å². The van der Waals surface area contributed by atoms with Gasteiger partial charge in [-0.05, 0) is 0 Å². The van der Waals surface area contributed by atoms with Gasteiger partial charge in [-0.15, -0.1) is 0 Å². The molecule has 0 saturated heterocycles. The molecular weight excluding hydrogens is 110 g/mol.